The normalized spacial score (nSPS) is 31.5. The van der Waals surface area contributed by atoms with Crippen molar-refractivity contribution in [3.05, 3.63) is 21.2 Å². The summed E-state index contributed by atoms with van der Waals surface area (Å²) in [4.78, 5) is 4.42. The number of fused-ring (bicyclic) bond motifs is 2. The molecule has 3 nitrogen and oxygen atoms in total. The van der Waals surface area contributed by atoms with Crippen molar-refractivity contribution in [2.75, 3.05) is 5.32 Å². The van der Waals surface area contributed by atoms with Crippen molar-refractivity contribution in [2.24, 2.45) is 0 Å². The van der Waals surface area contributed by atoms with Gasteiger partial charge in [0.1, 0.15) is 5.82 Å². The van der Waals surface area contributed by atoms with Crippen molar-refractivity contribution in [1.29, 1.82) is 0 Å². The van der Waals surface area contributed by atoms with Crippen LogP contribution in [0.4, 0.5) is 5.82 Å². The quantitative estimate of drug-likeness (QED) is 0.849. The maximum atomic E-state index is 4.42. The molecule has 2 unspecified atom stereocenters. The highest BCUT2D eigenvalue weighted by atomic mass is 79.9. The lowest BCUT2D eigenvalue weighted by molar-refractivity contribution is 0.377. The molecule has 2 aliphatic rings. The summed E-state index contributed by atoms with van der Waals surface area (Å²) < 4.78 is 2.03. The lowest BCUT2D eigenvalue weighted by atomic mass is 10.00. The second-order valence-corrected chi connectivity index (χ2v) is 6.70. The molecule has 2 bridgehead atoms. The Bertz CT molecular complexity index is 412. The van der Waals surface area contributed by atoms with Gasteiger partial charge in [-0.25, -0.2) is 4.98 Å². The van der Waals surface area contributed by atoms with Crippen LogP contribution in [-0.2, 0) is 0 Å². The van der Waals surface area contributed by atoms with Crippen LogP contribution in [0.1, 0.15) is 25.7 Å². The fourth-order valence-corrected chi connectivity index (χ4v) is 3.99. The molecule has 1 aromatic heterocycles. The first kappa shape index (κ1) is 11.9. The maximum Gasteiger partial charge on any atom is 0.140 e. The molecule has 1 aromatic rings. The number of nitrogens with one attached hydrogen (secondary N) is 2. The SMILES string of the molecule is Brc1cnc(NC2CC3CCC(C2)N3)c(Br)c1. The van der Waals surface area contributed by atoms with Gasteiger partial charge >= 0.3 is 0 Å². The zero-order chi connectivity index (χ0) is 11.8. The predicted molar refractivity (Wildman–Crippen MR) is 76.2 cm³/mol. The molecule has 2 aliphatic heterocycles. The molecule has 2 fully saturated rings. The molecule has 0 saturated carbocycles. The number of aromatic nitrogens is 1. The first-order valence-corrected chi connectivity index (χ1v) is 7.63. The maximum absolute atomic E-state index is 4.42. The van der Waals surface area contributed by atoms with Crippen molar-refractivity contribution < 1.29 is 0 Å². The number of anilines is 1. The Balaban J connectivity index is 1.70. The van der Waals surface area contributed by atoms with Gasteiger partial charge in [0.25, 0.3) is 0 Å². The number of pyridine rings is 1. The molecule has 3 rings (SSSR count). The summed E-state index contributed by atoms with van der Waals surface area (Å²) >= 11 is 6.97. The van der Waals surface area contributed by atoms with Crippen molar-refractivity contribution in [3.63, 3.8) is 0 Å². The molecule has 2 saturated heterocycles. The van der Waals surface area contributed by atoms with Gasteiger partial charge in [0.05, 0.1) is 4.47 Å². The van der Waals surface area contributed by atoms with Gasteiger partial charge in [-0.05, 0) is 63.6 Å². The molecule has 3 heterocycles. The number of nitrogens with zero attached hydrogens (tertiary/aromatic N) is 1. The zero-order valence-corrected chi connectivity index (χ0v) is 12.6. The standard InChI is InChI=1S/C12H15Br2N3/c13-7-3-11(14)12(15-6-7)17-10-4-8-1-2-9(5-10)16-8/h3,6,8-10,16H,1-2,4-5H2,(H,15,17). The van der Waals surface area contributed by atoms with Crippen molar-refractivity contribution in [1.82, 2.24) is 10.3 Å². The minimum absolute atomic E-state index is 0.554. The van der Waals surface area contributed by atoms with Crippen LogP contribution >= 0.6 is 31.9 Å². The molecule has 92 valence electrons. The third-order valence-corrected chi connectivity index (χ3v) is 4.66. The highest BCUT2D eigenvalue weighted by Crippen LogP contribution is 2.30. The van der Waals surface area contributed by atoms with E-state index in [0.29, 0.717) is 18.1 Å². The van der Waals surface area contributed by atoms with Gasteiger partial charge in [0.2, 0.25) is 0 Å². The average molecular weight is 361 g/mol. The van der Waals surface area contributed by atoms with Gasteiger partial charge in [-0.1, -0.05) is 0 Å². The summed E-state index contributed by atoms with van der Waals surface area (Å²) in [6.45, 7) is 0. The van der Waals surface area contributed by atoms with Gasteiger partial charge in [-0.3, -0.25) is 0 Å². The first-order chi connectivity index (χ1) is 8.20. The Hall–Kier alpha value is -0.130. The molecule has 17 heavy (non-hydrogen) atoms. The van der Waals surface area contributed by atoms with Gasteiger partial charge in [0.15, 0.2) is 0 Å². The third-order valence-electron chi connectivity index (χ3n) is 3.62. The molecule has 2 N–H and O–H groups in total. The van der Waals surface area contributed by atoms with E-state index in [1.54, 1.807) is 0 Å². The molecule has 0 aliphatic carbocycles. The van der Waals surface area contributed by atoms with E-state index in [0.717, 1.165) is 14.8 Å². The van der Waals surface area contributed by atoms with E-state index >= 15 is 0 Å². The van der Waals surface area contributed by atoms with Crippen LogP contribution in [0.3, 0.4) is 0 Å². The topological polar surface area (TPSA) is 37.0 Å². The van der Waals surface area contributed by atoms with E-state index in [1.807, 2.05) is 12.3 Å². The minimum atomic E-state index is 0.554. The van der Waals surface area contributed by atoms with Crippen LogP contribution in [0.25, 0.3) is 0 Å². The summed E-state index contributed by atoms with van der Waals surface area (Å²) in [6.07, 6.45) is 6.92. The fourth-order valence-electron chi connectivity index (χ4n) is 2.89. The van der Waals surface area contributed by atoms with Gasteiger partial charge in [0, 0.05) is 28.8 Å². The van der Waals surface area contributed by atoms with E-state index in [4.69, 9.17) is 0 Å². The molecule has 2 atom stereocenters. The summed E-state index contributed by atoms with van der Waals surface area (Å²) in [5.74, 6) is 0.958. The molecular formula is C12H15Br2N3. The molecule has 0 amide bonds. The number of hydrogen-bond donors (Lipinski definition) is 2. The Labute approximate surface area is 118 Å². The number of hydrogen-bond acceptors (Lipinski definition) is 3. The Morgan fingerprint density at radius 1 is 1.24 bits per heavy atom. The van der Waals surface area contributed by atoms with Crippen molar-refractivity contribution in [3.8, 4) is 0 Å². The van der Waals surface area contributed by atoms with Crippen LogP contribution in [0.2, 0.25) is 0 Å². The molecule has 5 heteroatoms. The van der Waals surface area contributed by atoms with Crippen LogP contribution in [-0.4, -0.2) is 23.1 Å². The molecular weight excluding hydrogens is 346 g/mol. The third kappa shape index (κ3) is 2.66. The lowest BCUT2D eigenvalue weighted by Gasteiger charge is -2.30. The summed E-state index contributed by atoms with van der Waals surface area (Å²) in [7, 11) is 0. The zero-order valence-electron chi connectivity index (χ0n) is 9.42. The van der Waals surface area contributed by atoms with Gasteiger partial charge < -0.3 is 10.6 Å². The monoisotopic (exact) mass is 359 g/mol. The summed E-state index contributed by atoms with van der Waals surface area (Å²) in [6, 6.07) is 4.00. The van der Waals surface area contributed by atoms with E-state index in [9.17, 15) is 0 Å². The van der Waals surface area contributed by atoms with Crippen molar-refractivity contribution >= 4 is 37.7 Å². The number of piperidine rings is 1. The predicted octanol–water partition coefficient (Wildman–Crippen LogP) is 3.30. The average Bonchev–Trinajstić information content (AvgIpc) is 2.62. The molecule has 0 spiro atoms. The fraction of sp³-hybridized carbons (Fsp3) is 0.583. The molecule has 0 aromatic carbocycles. The van der Waals surface area contributed by atoms with Crippen LogP contribution in [0.5, 0.6) is 0 Å². The van der Waals surface area contributed by atoms with E-state index in [-0.39, 0.29) is 0 Å². The van der Waals surface area contributed by atoms with Crippen LogP contribution in [0, 0.1) is 0 Å². The largest absolute Gasteiger partial charge is 0.366 e. The van der Waals surface area contributed by atoms with Gasteiger partial charge in [-0.15, -0.1) is 0 Å². The van der Waals surface area contributed by atoms with Crippen molar-refractivity contribution in [2.45, 2.75) is 43.8 Å². The highest BCUT2D eigenvalue weighted by Gasteiger charge is 2.33. The van der Waals surface area contributed by atoms with E-state index in [2.05, 4.69) is 47.5 Å². The Morgan fingerprint density at radius 3 is 2.59 bits per heavy atom. The smallest absolute Gasteiger partial charge is 0.140 e. The second-order valence-electron chi connectivity index (χ2n) is 4.93. The highest BCUT2D eigenvalue weighted by molar-refractivity contribution is 9.11. The summed E-state index contributed by atoms with van der Waals surface area (Å²) in [5, 5.41) is 7.21. The summed E-state index contributed by atoms with van der Waals surface area (Å²) in [5.41, 5.74) is 0. The Morgan fingerprint density at radius 2 is 1.94 bits per heavy atom. The number of rotatable bonds is 2. The first-order valence-electron chi connectivity index (χ1n) is 6.04. The van der Waals surface area contributed by atoms with E-state index < -0.39 is 0 Å². The van der Waals surface area contributed by atoms with Crippen LogP contribution < -0.4 is 10.6 Å². The minimum Gasteiger partial charge on any atom is -0.366 e. The lowest BCUT2D eigenvalue weighted by Crippen LogP contribution is -2.43. The van der Waals surface area contributed by atoms with Crippen LogP contribution in [0.15, 0.2) is 21.2 Å². The van der Waals surface area contributed by atoms with Gasteiger partial charge in [-0.2, -0.15) is 0 Å². The Kier molecular flexibility index (Phi) is 3.41. The number of halogens is 2. The van der Waals surface area contributed by atoms with E-state index in [1.165, 1.54) is 25.7 Å². The molecule has 0 radical (unpaired) electrons. The second kappa shape index (κ2) is 4.86.